The van der Waals surface area contributed by atoms with Gasteiger partial charge >= 0.3 is 0 Å². The van der Waals surface area contributed by atoms with E-state index < -0.39 is 16.5 Å². The molecule has 2 aromatic rings. The highest BCUT2D eigenvalue weighted by Gasteiger charge is 2.19. The number of halogens is 2. The van der Waals surface area contributed by atoms with Crippen LogP contribution in [0.5, 0.6) is 5.75 Å². The number of benzene rings is 2. The fraction of sp³-hybridized carbons (Fsp3) is 0.125. The molecule has 0 bridgehead atoms. The van der Waals surface area contributed by atoms with Crippen molar-refractivity contribution in [3.63, 3.8) is 0 Å². The number of nitriles is 1. The van der Waals surface area contributed by atoms with Gasteiger partial charge in [0.1, 0.15) is 10.8 Å². The van der Waals surface area contributed by atoms with Gasteiger partial charge in [-0.1, -0.05) is 23.2 Å². The van der Waals surface area contributed by atoms with Gasteiger partial charge in [-0.2, -0.15) is 5.26 Å². The molecule has 1 N–H and O–H groups in total. The molecular weight excluding hydrogens is 369 g/mol. The average Bonchev–Trinajstić information content (AvgIpc) is 2.57. The minimum atomic E-state index is -0.730. The van der Waals surface area contributed by atoms with Crippen molar-refractivity contribution >= 4 is 40.5 Å². The summed E-state index contributed by atoms with van der Waals surface area (Å²) in [6, 6.07) is 8.97. The maximum atomic E-state index is 12.0. The van der Waals surface area contributed by atoms with Crippen molar-refractivity contribution < 1.29 is 14.5 Å². The molecule has 0 aromatic heterocycles. The second kappa shape index (κ2) is 7.83. The third kappa shape index (κ3) is 4.59. The number of nitrogens with zero attached hydrogens (tertiary/aromatic N) is 2. The molecule has 2 aromatic carbocycles. The van der Waals surface area contributed by atoms with Gasteiger partial charge in [0.2, 0.25) is 0 Å². The minimum absolute atomic E-state index is 0.000597. The van der Waals surface area contributed by atoms with Crippen LogP contribution in [0.15, 0.2) is 30.3 Å². The van der Waals surface area contributed by atoms with Gasteiger partial charge in [-0.15, -0.1) is 0 Å². The third-order valence-electron chi connectivity index (χ3n) is 3.15. The van der Waals surface area contributed by atoms with Crippen molar-refractivity contribution in [2.45, 2.75) is 6.92 Å². The quantitative estimate of drug-likeness (QED) is 0.621. The van der Waals surface area contributed by atoms with Gasteiger partial charge in [0, 0.05) is 11.1 Å². The van der Waals surface area contributed by atoms with Crippen molar-refractivity contribution in [1.29, 1.82) is 5.26 Å². The number of anilines is 1. The molecule has 2 rings (SSSR count). The Morgan fingerprint density at radius 3 is 2.68 bits per heavy atom. The molecule has 0 aliphatic carbocycles. The second-order valence-electron chi connectivity index (χ2n) is 4.97. The maximum Gasteiger partial charge on any atom is 0.291 e. The summed E-state index contributed by atoms with van der Waals surface area (Å²) in [6.45, 7) is 1.45. The van der Waals surface area contributed by atoms with Gasteiger partial charge in [0.15, 0.2) is 6.61 Å². The number of carbonyl (C=O) groups excluding carboxylic acids is 1. The first-order chi connectivity index (χ1) is 11.8. The van der Waals surface area contributed by atoms with Gasteiger partial charge in [0.05, 0.1) is 22.2 Å². The molecule has 0 radical (unpaired) electrons. The molecule has 25 heavy (non-hydrogen) atoms. The molecular formula is C16H11Cl2N3O4. The van der Waals surface area contributed by atoms with Gasteiger partial charge < -0.3 is 10.1 Å². The Morgan fingerprint density at radius 1 is 1.36 bits per heavy atom. The van der Waals surface area contributed by atoms with E-state index in [1.54, 1.807) is 31.2 Å². The number of carbonyl (C=O) groups is 1. The lowest BCUT2D eigenvalue weighted by Gasteiger charge is -2.10. The molecule has 9 heteroatoms. The Labute approximate surface area is 152 Å². The van der Waals surface area contributed by atoms with Crippen LogP contribution in [0.4, 0.5) is 11.4 Å². The average molecular weight is 380 g/mol. The summed E-state index contributed by atoms with van der Waals surface area (Å²) < 4.78 is 5.34. The lowest BCUT2D eigenvalue weighted by atomic mass is 10.2. The lowest BCUT2D eigenvalue weighted by molar-refractivity contribution is -0.384. The Hall–Kier alpha value is -2.82. The Morgan fingerprint density at radius 2 is 2.08 bits per heavy atom. The zero-order chi connectivity index (χ0) is 18.6. The number of nitrogens with one attached hydrogen (secondary N) is 1. The van der Waals surface area contributed by atoms with Crippen LogP contribution in [0, 0.1) is 28.4 Å². The SMILES string of the molecule is Cc1cc(OCC(=O)Nc2cc(C#N)cc([N+](=O)[O-])c2Cl)ccc1Cl. The predicted molar refractivity (Wildman–Crippen MR) is 93.1 cm³/mol. The van der Waals surface area contributed by atoms with E-state index in [0.717, 1.165) is 11.6 Å². The largest absolute Gasteiger partial charge is 0.484 e. The number of aryl methyl sites for hydroxylation is 1. The summed E-state index contributed by atoms with van der Waals surface area (Å²) in [6.07, 6.45) is 0. The Kier molecular flexibility index (Phi) is 5.80. The van der Waals surface area contributed by atoms with Crippen molar-refractivity contribution in [2.24, 2.45) is 0 Å². The summed E-state index contributed by atoms with van der Waals surface area (Å²) in [5.74, 6) is -0.140. The molecule has 0 aliphatic heterocycles. The summed E-state index contributed by atoms with van der Waals surface area (Å²) in [7, 11) is 0. The van der Waals surface area contributed by atoms with Gasteiger partial charge in [0.25, 0.3) is 11.6 Å². The fourth-order valence-electron chi connectivity index (χ4n) is 1.94. The van der Waals surface area contributed by atoms with E-state index in [1.807, 2.05) is 0 Å². The number of amides is 1. The van der Waals surface area contributed by atoms with Crippen LogP contribution in [-0.2, 0) is 4.79 Å². The molecule has 0 fully saturated rings. The van der Waals surface area contributed by atoms with Crippen molar-refractivity contribution in [3.05, 3.63) is 61.6 Å². The molecule has 0 spiro atoms. The van der Waals surface area contributed by atoms with Crippen LogP contribution >= 0.6 is 23.2 Å². The van der Waals surface area contributed by atoms with E-state index in [9.17, 15) is 14.9 Å². The molecule has 1 amide bonds. The third-order valence-corrected chi connectivity index (χ3v) is 3.97. The molecule has 0 saturated carbocycles. The maximum absolute atomic E-state index is 12.0. The van der Waals surface area contributed by atoms with E-state index in [-0.39, 0.29) is 22.9 Å². The van der Waals surface area contributed by atoms with Gasteiger partial charge in [-0.05, 0) is 36.8 Å². The van der Waals surface area contributed by atoms with Crippen LogP contribution in [0.1, 0.15) is 11.1 Å². The molecule has 0 heterocycles. The zero-order valence-corrected chi connectivity index (χ0v) is 14.4. The first-order valence-electron chi connectivity index (χ1n) is 6.88. The van der Waals surface area contributed by atoms with Crippen LogP contribution < -0.4 is 10.1 Å². The van der Waals surface area contributed by atoms with E-state index in [2.05, 4.69) is 5.32 Å². The van der Waals surface area contributed by atoms with Crippen LogP contribution in [-0.4, -0.2) is 17.4 Å². The molecule has 0 aliphatic rings. The first-order valence-corrected chi connectivity index (χ1v) is 7.64. The van der Waals surface area contributed by atoms with E-state index in [0.29, 0.717) is 10.8 Å². The topological polar surface area (TPSA) is 105 Å². The van der Waals surface area contributed by atoms with Gasteiger partial charge in [-0.25, -0.2) is 0 Å². The molecule has 128 valence electrons. The number of rotatable bonds is 5. The molecule has 0 saturated heterocycles. The van der Waals surface area contributed by atoms with Crippen LogP contribution in [0.25, 0.3) is 0 Å². The smallest absolute Gasteiger partial charge is 0.291 e. The van der Waals surface area contributed by atoms with Crippen molar-refractivity contribution in [3.8, 4) is 11.8 Å². The van der Waals surface area contributed by atoms with Crippen LogP contribution in [0.2, 0.25) is 10.0 Å². The highest BCUT2D eigenvalue weighted by atomic mass is 35.5. The first kappa shape index (κ1) is 18.5. The van der Waals surface area contributed by atoms with E-state index in [1.165, 1.54) is 6.07 Å². The Balaban J connectivity index is 2.12. The predicted octanol–water partition coefficient (Wildman–Crippen LogP) is 4.10. The van der Waals surface area contributed by atoms with E-state index >= 15 is 0 Å². The van der Waals surface area contributed by atoms with Crippen LogP contribution in [0.3, 0.4) is 0 Å². The standard InChI is InChI=1S/C16H11Cl2N3O4/c1-9-4-11(2-3-12(9)17)25-8-15(22)20-13-5-10(7-19)6-14(16(13)18)21(23)24/h2-6H,8H2,1H3,(H,20,22). The highest BCUT2D eigenvalue weighted by Crippen LogP contribution is 2.33. The summed E-state index contributed by atoms with van der Waals surface area (Å²) >= 11 is 11.8. The molecule has 7 nitrogen and oxygen atoms in total. The lowest BCUT2D eigenvalue weighted by Crippen LogP contribution is -2.20. The fourth-order valence-corrected chi connectivity index (χ4v) is 2.28. The minimum Gasteiger partial charge on any atom is -0.484 e. The number of nitro benzene ring substituents is 1. The number of ether oxygens (including phenoxy) is 1. The van der Waals surface area contributed by atoms with Crippen molar-refractivity contribution in [2.75, 3.05) is 11.9 Å². The number of hydrogen-bond acceptors (Lipinski definition) is 5. The van der Waals surface area contributed by atoms with Gasteiger partial charge in [-0.3, -0.25) is 14.9 Å². The monoisotopic (exact) mass is 379 g/mol. The Bertz CT molecular complexity index is 894. The number of hydrogen-bond donors (Lipinski definition) is 1. The van der Waals surface area contributed by atoms with E-state index in [4.69, 9.17) is 33.2 Å². The molecule has 0 atom stereocenters. The highest BCUT2D eigenvalue weighted by molar-refractivity contribution is 6.35. The van der Waals surface area contributed by atoms with Crippen molar-refractivity contribution in [1.82, 2.24) is 0 Å². The summed E-state index contributed by atoms with van der Waals surface area (Å²) in [4.78, 5) is 22.2. The number of nitro groups is 1. The molecule has 0 unspecified atom stereocenters. The zero-order valence-electron chi connectivity index (χ0n) is 12.9. The second-order valence-corrected chi connectivity index (χ2v) is 5.76. The summed E-state index contributed by atoms with van der Waals surface area (Å²) in [5, 5.41) is 22.6. The normalized spacial score (nSPS) is 10.0. The summed E-state index contributed by atoms with van der Waals surface area (Å²) in [5.41, 5.74) is 0.291.